The van der Waals surface area contributed by atoms with E-state index in [-0.39, 0.29) is 5.97 Å². The third kappa shape index (κ3) is 5.60. The molecule has 1 amide bonds. The molecule has 1 unspecified atom stereocenters. The van der Waals surface area contributed by atoms with E-state index < -0.39 is 17.7 Å². The van der Waals surface area contributed by atoms with Crippen molar-refractivity contribution in [2.75, 3.05) is 25.0 Å². The number of nitrogens with zero attached hydrogens (tertiary/aromatic N) is 2. The highest BCUT2D eigenvalue weighted by molar-refractivity contribution is 5.87. The van der Waals surface area contributed by atoms with Gasteiger partial charge in [0.2, 0.25) is 0 Å². The Bertz CT molecular complexity index is 853. The zero-order valence-corrected chi connectivity index (χ0v) is 18.1. The van der Waals surface area contributed by atoms with E-state index in [2.05, 4.69) is 4.90 Å². The van der Waals surface area contributed by atoms with Crippen molar-refractivity contribution in [2.24, 2.45) is 0 Å². The molecule has 1 fully saturated rings. The van der Waals surface area contributed by atoms with Crippen LogP contribution in [0.1, 0.15) is 45.2 Å². The van der Waals surface area contributed by atoms with Crippen LogP contribution in [0.5, 0.6) is 5.75 Å². The van der Waals surface area contributed by atoms with Crippen molar-refractivity contribution in [3.05, 3.63) is 60.2 Å². The van der Waals surface area contributed by atoms with Gasteiger partial charge in [0.15, 0.2) is 0 Å². The first-order valence-corrected chi connectivity index (χ1v) is 10.3. The van der Waals surface area contributed by atoms with E-state index in [1.54, 1.807) is 31.3 Å². The fourth-order valence-corrected chi connectivity index (χ4v) is 3.48. The molecule has 0 saturated carbocycles. The van der Waals surface area contributed by atoms with E-state index in [9.17, 15) is 9.59 Å². The summed E-state index contributed by atoms with van der Waals surface area (Å²) >= 11 is 0. The summed E-state index contributed by atoms with van der Waals surface area (Å²) < 4.78 is 11.1. The summed E-state index contributed by atoms with van der Waals surface area (Å²) in [7, 11) is 1.65. The first-order valence-electron chi connectivity index (χ1n) is 10.3. The molecule has 1 saturated heterocycles. The Balaban J connectivity index is 1.70. The molecule has 6 heteroatoms. The fourth-order valence-electron chi connectivity index (χ4n) is 3.48. The number of esters is 1. The molecule has 1 aliphatic heterocycles. The van der Waals surface area contributed by atoms with Gasteiger partial charge >= 0.3 is 12.1 Å². The molecule has 1 atom stereocenters. The summed E-state index contributed by atoms with van der Waals surface area (Å²) in [5, 5.41) is 0. The number of rotatable bonds is 5. The maximum atomic E-state index is 13.0. The number of amides is 1. The van der Waals surface area contributed by atoms with E-state index >= 15 is 0 Å². The van der Waals surface area contributed by atoms with Gasteiger partial charge in [0.25, 0.3) is 0 Å². The van der Waals surface area contributed by atoms with Crippen LogP contribution in [0.2, 0.25) is 0 Å². The molecule has 1 aliphatic rings. The molecule has 0 radical (unpaired) electrons. The lowest BCUT2D eigenvalue weighted by molar-refractivity contribution is -0.140. The number of carbonyl (C=O) groups is 2. The number of carbonyl (C=O) groups excluding carboxylic acids is 2. The fraction of sp³-hybridized carbons (Fsp3) is 0.417. The van der Waals surface area contributed by atoms with Gasteiger partial charge in [-0.05, 0) is 76.5 Å². The number of likely N-dealkylation sites (tertiary alicyclic amines) is 1. The second-order valence-electron chi connectivity index (χ2n) is 8.51. The van der Waals surface area contributed by atoms with Gasteiger partial charge in [-0.1, -0.05) is 30.3 Å². The Morgan fingerprint density at radius 1 is 0.967 bits per heavy atom. The maximum absolute atomic E-state index is 13.0. The smallest absolute Gasteiger partial charge is 0.414 e. The highest BCUT2D eigenvalue weighted by Gasteiger charge is 2.31. The number of ether oxygens (including phenoxy) is 2. The highest BCUT2D eigenvalue weighted by atomic mass is 16.6. The lowest BCUT2D eigenvalue weighted by Crippen LogP contribution is -2.34. The van der Waals surface area contributed by atoms with Crippen LogP contribution in [0.25, 0.3) is 0 Å². The first-order chi connectivity index (χ1) is 14.2. The summed E-state index contributed by atoms with van der Waals surface area (Å²) in [4.78, 5) is 28.9. The summed E-state index contributed by atoms with van der Waals surface area (Å²) in [6, 6.07) is 16.2. The number of hydrogen-bond acceptors (Lipinski definition) is 5. The van der Waals surface area contributed by atoms with E-state index in [4.69, 9.17) is 9.47 Å². The third-order valence-electron chi connectivity index (χ3n) is 4.95. The van der Waals surface area contributed by atoms with Crippen LogP contribution >= 0.6 is 0 Å². The third-order valence-corrected chi connectivity index (χ3v) is 4.95. The minimum Gasteiger partial charge on any atom is -0.443 e. The molecular weight excluding hydrogens is 380 g/mol. The van der Waals surface area contributed by atoms with E-state index in [1.165, 1.54) is 4.90 Å². The van der Waals surface area contributed by atoms with E-state index in [0.717, 1.165) is 31.5 Å². The van der Waals surface area contributed by atoms with Crippen LogP contribution in [-0.4, -0.2) is 42.7 Å². The molecule has 2 aromatic rings. The van der Waals surface area contributed by atoms with Crippen molar-refractivity contribution >= 4 is 17.7 Å². The van der Waals surface area contributed by atoms with Crippen LogP contribution in [0.3, 0.4) is 0 Å². The van der Waals surface area contributed by atoms with Gasteiger partial charge in [-0.25, -0.2) is 9.59 Å². The van der Waals surface area contributed by atoms with Crippen LogP contribution < -0.4 is 9.64 Å². The topological polar surface area (TPSA) is 59.1 Å². The molecule has 0 aromatic heterocycles. The van der Waals surface area contributed by atoms with Crippen LogP contribution in [0.4, 0.5) is 10.5 Å². The molecule has 2 aromatic carbocycles. The molecule has 0 N–H and O–H groups in total. The predicted molar refractivity (Wildman–Crippen MR) is 117 cm³/mol. The molecule has 0 bridgehead atoms. The SMILES string of the molecule is CN(C(=O)OC(C)(C)C)c1ccc(OC(=O)C(c2ccccc2)N2CCCC2)cc1. The Morgan fingerprint density at radius 3 is 2.13 bits per heavy atom. The maximum Gasteiger partial charge on any atom is 0.414 e. The zero-order valence-electron chi connectivity index (χ0n) is 18.1. The first kappa shape index (κ1) is 21.8. The number of benzene rings is 2. The highest BCUT2D eigenvalue weighted by Crippen LogP contribution is 2.28. The van der Waals surface area contributed by atoms with Crippen molar-refractivity contribution in [2.45, 2.75) is 45.3 Å². The minimum atomic E-state index is -0.567. The molecule has 1 heterocycles. The minimum absolute atomic E-state index is 0.295. The van der Waals surface area contributed by atoms with Gasteiger partial charge in [0.05, 0.1) is 0 Å². The Hall–Kier alpha value is -2.86. The van der Waals surface area contributed by atoms with Crippen molar-refractivity contribution in [3.8, 4) is 5.75 Å². The monoisotopic (exact) mass is 410 g/mol. The summed E-state index contributed by atoms with van der Waals surface area (Å²) in [6.07, 6.45) is 1.73. The quantitative estimate of drug-likeness (QED) is 0.523. The largest absolute Gasteiger partial charge is 0.443 e. The normalized spacial score (nSPS) is 15.5. The lowest BCUT2D eigenvalue weighted by Gasteiger charge is -2.26. The molecule has 0 aliphatic carbocycles. The molecule has 3 rings (SSSR count). The second-order valence-corrected chi connectivity index (χ2v) is 8.51. The molecular formula is C24H30N2O4. The van der Waals surface area contributed by atoms with Gasteiger partial charge in [-0.3, -0.25) is 9.80 Å². The molecule has 0 spiro atoms. The van der Waals surface area contributed by atoms with Gasteiger partial charge in [-0.2, -0.15) is 0 Å². The van der Waals surface area contributed by atoms with Crippen molar-refractivity contribution in [1.29, 1.82) is 0 Å². The van der Waals surface area contributed by atoms with Crippen LogP contribution in [0.15, 0.2) is 54.6 Å². The molecule has 30 heavy (non-hydrogen) atoms. The van der Waals surface area contributed by atoms with Crippen LogP contribution in [0, 0.1) is 0 Å². The Kier molecular flexibility index (Phi) is 6.77. The Morgan fingerprint density at radius 2 is 1.57 bits per heavy atom. The molecule has 160 valence electrons. The molecule has 6 nitrogen and oxygen atoms in total. The lowest BCUT2D eigenvalue weighted by atomic mass is 10.1. The van der Waals surface area contributed by atoms with E-state index in [0.29, 0.717) is 11.4 Å². The van der Waals surface area contributed by atoms with Crippen LogP contribution in [-0.2, 0) is 9.53 Å². The summed E-state index contributed by atoms with van der Waals surface area (Å²) in [5.74, 6) is 0.151. The number of hydrogen-bond donors (Lipinski definition) is 0. The second kappa shape index (κ2) is 9.30. The summed E-state index contributed by atoms with van der Waals surface area (Å²) in [5.41, 5.74) is 1.02. The predicted octanol–water partition coefficient (Wildman–Crippen LogP) is 4.80. The number of anilines is 1. The standard InChI is InChI=1S/C24H30N2O4/c1-24(2,3)30-23(28)25(4)19-12-14-20(15-13-19)29-22(27)21(26-16-8-9-17-26)18-10-6-5-7-11-18/h5-7,10-15,21H,8-9,16-17H2,1-4H3. The van der Waals surface area contributed by atoms with Crippen molar-refractivity contribution in [3.63, 3.8) is 0 Å². The summed E-state index contributed by atoms with van der Waals surface area (Å²) in [6.45, 7) is 7.24. The van der Waals surface area contributed by atoms with Crippen molar-refractivity contribution < 1.29 is 19.1 Å². The van der Waals surface area contributed by atoms with E-state index in [1.807, 2.05) is 51.1 Å². The van der Waals surface area contributed by atoms with Gasteiger partial charge < -0.3 is 9.47 Å². The van der Waals surface area contributed by atoms with Gasteiger partial charge in [-0.15, -0.1) is 0 Å². The van der Waals surface area contributed by atoms with Gasteiger partial charge in [0.1, 0.15) is 17.4 Å². The zero-order chi connectivity index (χ0) is 21.7. The Labute approximate surface area is 178 Å². The van der Waals surface area contributed by atoms with Crippen molar-refractivity contribution in [1.82, 2.24) is 4.90 Å². The average molecular weight is 411 g/mol. The van der Waals surface area contributed by atoms with Gasteiger partial charge in [0, 0.05) is 12.7 Å². The average Bonchev–Trinajstić information content (AvgIpc) is 3.22.